The highest BCUT2D eigenvalue weighted by molar-refractivity contribution is 7.13. The molecule has 0 atom stereocenters. The Morgan fingerprint density at radius 2 is 2.11 bits per heavy atom. The average Bonchev–Trinajstić information content (AvgIpc) is 3.12. The van der Waals surface area contributed by atoms with Crippen LogP contribution in [0.5, 0.6) is 0 Å². The van der Waals surface area contributed by atoms with Crippen molar-refractivity contribution in [2.75, 3.05) is 25.0 Å². The second kappa shape index (κ2) is 4.84. The molecule has 18 heavy (non-hydrogen) atoms. The summed E-state index contributed by atoms with van der Waals surface area (Å²) in [4.78, 5) is 16.3. The molecule has 0 bridgehead atoms. The van der Waals surface area contributed by atoms with E-state index in [1.807, 2.05) is 11.9 Å². The summed E-state index contributed by atoms with van der Waals surface area (Å²) in [6.07, 6.45) is 4.25. The molecular formula is C12H18N4OS. The highest BCUT2D eigenvalue weighted by atomic mass is 32.1. The SMILES string of the molecule is CN(C(=O)C1CC1)C1CCN(c2nncs2)CC1. The molecule has 1 saturated carbocycles. The molecule has 1 aliphatic heterocycles. The molecule has 0 N–H and O–H groups in total. The predicted octanol–water partition coefficient (Wildman–Crippen LogP) is 1.38. The van der Waals surface area contributed by atoms with Crippen molar-refractivity contribution >= 4 is 22.4 Å². The van der Waals surface area contributed by atoms with Gasteiger partial charge in [0, 0.05) is 32.1 Å². The van der Waals surface area contributed by atoms with Crippen molar-refractivity contribution in [1.82, 2.24) is 15.1 Å². The molecule has 5 nitrogen and oxygen atoms in total. The molecule has 1 aromatic rings. The summed E-state index contributed by atoms with van der Waals surface area (Å²) in [6, 6.07) is 0.405. The first-order valence-electron chi connectivity index (χ1n) is 6.53. The van der Waals surface area contributed by atoms with E-state index in [0.29, 0.717) is 17.9 Å². The molecule has 2 aliphatic rings. The van der Waals surface area contributed by atoms with Crippen LogP contribution in [0, 0.1) is 5.92 Å². The fourth-order valence-corrected chi connectivity index (χ4v) is 3.16. The summed E-state index contributed by atoms with van der Waals surface area (Å²) in [5.74, 6) is 0.681. The van der Waals surface area contributed by atoms with Crippen LogP contribution in [-0.2, 0) is 4.79 Å². The maximum Gasteiger partial charge on any atom is 0.225 e. The molecule has 1 aliphatic carbocycles. The minimum absolute atomic E-state index is 0.330. The van der Waals surface area contributed by atoms with E-state index in [0.717, 1.165) is 43.9 Å². The lowest BCUT2D eigenvalue weighted by atomic mass is 10.0. The van der Waals surface area contributed by atoms with Gasteiger partial charge in [-0.05, 0) is 25.7 Å². The van der Waals surface area contributed by atoms with Crippen LogP contribution >= 0.6 is 11.3 Å². The molecule has 0 aromatic carbocycles. The van der Waals surface area contributed by atoms with Crippen molar-refractivity contribution in [2.45, 2.75) is 31.7 Å². The molecule has 1 aromatic heterocycles. The van der Waals surface area contributed by atoms with Crippen molar-refractivity contribution in [3.8, 4) is 0 Å². The van der Waals surface area contributed by atoms with Gasteiger partial charge >= 0.3 is 0 Å². The number of nitrogens with zero attached hydrogens (tertiary/aromatic N) is 4. The van der Waals surface area contributed by atoms with Crippen LogP contribution in [0.3, 0.4) is 0 Å². The van der Waals surface area contributed by atoms with Gasteiger partial charge in [0.05, 0.1) is 0 Å². The second-order valence-corrected chi connectivity index (χ2v) is 5.97. The van der Waals surface area contributed by atoms with Crippen LogP contribution in [0.15, 0.2) is 5.51 Å². The fourth-order valence-electron chi connectivity index (χ4n) is 2.55. The first-order valence-corrected chi connectivity index (χ1v) is 7.41. The van der Waals surface area contributed by atoms with Gasteiger partial charge in [-0.1, -0.05) is 11.3 Å². The molecule has 3 rings (SSSR count). The molecule has 6 heteroatoms. The Morgan fingerprint density at radius 3 is 2.67 bits per heavy atom. The van der Waals surface area contributed by atoms with Gasteiger partial charge in [0.1, 0.15) is 5.51 Å². The first-order chi connectivity index (χ1) is 8.75. The maximum absolute atomic E-state index is 12.0. The summed E-state index contributed by atoms with van der Waals surface area (Å²) in [5, 5.41) is 8.97. The van der Waals surface area contributed by atoms with E-state index in [9.17, 15) is 4.79 Å². The largest absolute Gasteiger partial charge is 0.347 e. The van der Waals surface area contributed by atoms with Crippen LogP contribution in [0.4, 0.5) is 5.13 Å². The quantitative estimate of drug-likeness (QED) is 0.829. The van der Waals surface area contributed by atoms with Crippen molar-refractivity contribution in [3.63, 3.8) is 0 Å². The number of carbonyl (C=O) groups is 1. The second-order valence-electron chi connectivity index (χ2n) is 5.16. The monoisotopic (exact) mass is 266 g/mol. The number of aromatic nitrogens is 2. The Bertz CT molecular complexity index is 410. The van der Waals surface area contributed by atoms with Crippen molar-refractivity contribution in [3.05, 3.63) is 5.51 Å². The van der Waals surface area contributed by atoms with E-state index in [1.165, 1.54) is 0 Å². The van der Waals surface area contributed by atoms with Crippen LogP contribution in [-0.4, -0.2) is 47.2 Å². The number of amides is 1. The van der Waals surface area contributed by atoms with Crippen LogP contribution < -0.4 is 4.90 Å². The van der Waals surface area contributed by atoms with Crippen LogP contribution in [0.25, 0.3) is 0 Å². The third-order valence-corrected chi connectivity index (χ3v) is 4.66. The Kier molecular flexibility index (Phi) is 3.20. The van der Waals surface area contributed by atoms with Gasteiger partial charge in [0.15, 0.2) is 0 Å². The molecule has 1 amide bonds. The third-order valence-electron chi connectivity index (χ3n) is 3.91. The van der Waals surface area contributed by atoms with E-state index in [1.54, 1.807) is 16.8 Å². The zero-order valence-corrected chi connectivity index (χ0v) is 11.4. The van der Waals surface area contributed by atoms with Crippen LogP contribution in [0.1, 0.15) is 25.7 Å². The van der Waals surface area contributed by atoms with Gasteiger partial charge in [-0.2, -0.15) is 0 Å². The van der Waals surface area contributed by atoms with E-state index in [-0.39, 0.29) is 0 Å². The topological polar surface area (TPSA) is 49.3 Å². The summed E-state index contributed by atoms with van der Waals surface area (Å²) >= 11 is 1.58. The highest BCUT2D eigenvalue weighted by Crippen LogP contribution is 2.32. The van der Waals surface area contributed by atoms with Gasteiger partial charge in [0.2, 0.25) is 11.0 Å². The van der Waals surface area contributed by atoms with Gasteiger partial charge < -0.3 is 9.80 Å². The maximum atomic E-state index is 12.0. The first kappa shape index (κ1) is 11.9. The standard InChI is InChI=1S/C12H18N4OS/c1-15(11(17)9-2-3-9)10-4-6-16(7-5-10)12-14-13-8-18-12/h8-10H,2-7H2,1H3. The van der Waals surface area contributed by atoms with E-state index in [4.69, 9.17) is 0 Å². The lowest BCUT2D eigenvalue weighted by Crippen LogP contribution is -2.46. The number of anilines is 1. The van der Waals surface area contributed by atoms with Gasteiger partial charge in [-0.15, -0.1) is 10.2 Å². The molecule has 98 valence electrons. The fraction of sp³-hybridized carbons (Fsp3) is 0.750. The molecule has 0 unspecified atom stereocenters. The number of rotatable bonds is 3. The van der Waals surface area contributed by atoms with Crippen LogP contribution in [0.2, 0.25) is 0 Å². The zero-order valence-electron chi connectivity index (χ0n) is 10.6. The third kappa shape index (κ3) is 2.34. The number of hydrogen-bond donors (Lipinski definition) is 0. The lowest BCUT2D eigenvalue weighted by Gasteiger charge is -2.36. The van der Waals surface area contributed by atoms with Gasteiger partial charge in [-0.25, -0.2) is 0 Å². The van der Waals surface area contributed by atoms with Crippen molar-refractivity contribution in [1.29, 1.82) is 0 Å². The Balaban J connectivity index is 1.54. The summed E-state index contributed by atoms with van der Waals surface area (Å²) in [6.45, 7) is 1.95. The molecule has 0 radical (unpaired) electrons. The van der Waals surface area contributed by atoms with E-state index in [2.05, 4.69) is 15.1 Å². The van der Waals surface area contributed by atoms with Gasteiger partial charge in [0.25, 0.3) is 0 Å². The zero-order chi connectivity index (χ0) is 12.5. The highest BCUT2D eigenvalue weighted by Gasteiger charge is 2.35. The Hall–Kier alpha value is -1.17. The summed E-state index contributed by atoms with van der Waals surface area (Å²) in [5.41, 5.74) is 1.77. The Labute approximate surface area is 111 Å². The van der Waals surface area contributed by atoms with Gasteiger partial charge in [-0.3, -0.25) is 4.79 Å². The van der Waals surface area contributed by atoms with Crippen molar-refractivity contribution in [2.24, 2.45) is 5.92 Å². The normalized spacial score (nSPS) is 21.1. The smallest absolute Gasteiger partial charge is 0.225 e. The predicted molar refractivity (Wildman–Crippen MR) is 70.6 cm³/mol. The molecule has 2 heterocycles. The number of carbonyl (C=O) groups excluding carboxylic acids is 1. The molecule has 0 spiro atoms. The molecule has 1 saturated heterocycles. The number of piperidine rings is 1. The van der Waals surface area contributed by atoms with E-state index < -0.39 is 0 Å². The van der Waals surface area contributed by atoms with Crippen molar-refractivity contribution < 1.29 is 4.79 Å². The lowest BCUT2D eigenvalue weighted by molar-refractivity contribution is -0.133. The molecule has 2 fully saturated rings. The average molecular weight is 266 g/mol. The number of hydrogen-bond acceptors (Lipinski definition) is 5. The summed E-state index contributed by atoms with van der Waals surface area (Å²) in [7, 11) is 1.96. The summed E-state index contributed by atoms with van der Waals surface area (Å²) < 4.78 is 0. The minimum atomic E-state index is 0.330. The molecular weight excluding hydrogens is 248 g/mol. The van der Waals surface area contributed by atoms with E-state index >= 15 is 0 Å². The Morgan fingerprint density at radius 1 is 1.39 bits per heavy atom. The minimum Gasteiger partial charge on any atom is -0.347 e.